The van der Waals surface area contributed by atoms with E-state index in [2.05, 4.69) is 15.2 Å². The van der Waals surface area contributed by atoms with E-state index in [1.165, 1.54) is 12.8 Å². The van der Waals surface area contributed by atoms with Gasteiger partial charge in [0.2, 0.25) is 0 Å². The van der Waals surface area contributed by atoms with E-state index in [1.54, 1.807) is 0 Å². The molecule has 3 fully saturated rings. The molecule has 2 saturated heterocycles. The van der Waals surface area contributed by atoms with Crippen LogP contribution in [0.15, 0.2) is 4.99 Å². The lowest BCUT2D eigenvalue weighted by Gasteiger charge is -2.40. The lowest BCUT2D eigenvalue weighted by molar-refractivity contribution is 0.00924. The predicted octanol–water partition coefficient (Wildman–Crippen LogP) is 2.85. The highest BCUT2D eigenvalue weighted by Crippen LogP contribution is 2.32. The minimum atomic E-state index is -0.451. The van der Waals surface area contributed by atoms with Crippen LogP contribution in [0.25, 0.3) is 0 Å². The number of carbonyl (C=O) groups is 1. The third kappa shape index (κ3) is 6.26. The van der Waals surface area contributed by atoms with Crippen LogP contribution in [0.3, 0.4) is 0 Å². The lowest BCUT2D eigenvalue weighted by atomic mass is 10.0. The number of hydrogen-bond acceptors (Lipinski definition) is 4. The molecule has 1 saturated carbocycles. The highest BCUT2D eigenvalue weighted by Gasteiger charge is 2.35. The Kier molecular flexibility index (Phi) is 7.07. The fraction of sp³-hybridized carbons (Fsp3) is 0.905. The van der Waals surface area contributed by atoms with Gasteiger partial charge < -0.3 is 24.6 Å². The number of nitrogens with one attached hydrogen (secondary N) is 1. The molecule has 0 bridgehead atoms. The van der Waals surface area contributed by atoms with Gasteiger partial charge in [0, 0.05) is 45.9 Å². The van der Waals surface area contributed by atoms with Crippen LogP contribution in [-0.2, 0) is 9.47 Å². The summed E-state index contributed by atoms with van der Waals surface area (Å²) >= 11 is 0. The molecule has 28 heavy (non-hydrogen) atoms. The third-order valence-corrected chi connectivity index (χ3v) is 5.71. The van der Waals surface area contributed by atoms with E-state index in [-0.39, 0.29) is 12.1 Å². The maximum Gasteiger partial charge on any atom is 0.410 e. The normalized spacial score (nSPS) is 24.4. The van der Waals surface area contributed by atoms with Crippen LogP contribution in [-0.4, -0.2) is 79.4 Å². The van der Waals surface area contributed by atoms with Gasteiger partial charge >= 0.3 is 6.09 Å². The van der Waals surface area contributed by atoms with Crippen LogP contribution in [0.1, 0.15) is 59.3 Å². The quantitative estimate of drug-likeness (QED) is 0.574. The summed E-state index contributed by atoms with van der Waals surface area (Å²) in [6.45, 7) is 10.1. The Hall–Kier alpha value is -1.50. The summed E-state index contributed by atoms with van der Waals surface area (Å²) in [6, 6.07) is 0.253. The van der Waals surface area contributed by atoms with Crippen LogP contribution < -0.4 is 5.32 Å². The summed E-state index contributed by atoms with van der Waals surface area (Å²) in [7, 11) is 1.84. The number of aliphatic imine (C=N–C) groups is 1. The van der Waals surface area contributed by atoms with Gasteiger partial charge in [-0.05, 0) is 65.2 Å². The molecular formula is C21H38N4O3. The van der Waals surface area contributed by atoms with E-state index in [9.17, 15) is 4.79 Å². The van der Waals surface area contributed by atoms with Crippen LogP contribution in [0.4, 0.5) is 4.79 Å². The Morgan fingerprint density at radius 3 is 2.46 bits per heavy atom. The van der Waals surface area contributed by atoms with Gasteiger partial charge in [0.25, 0.3) is 0 Å². The summed E-state index contributed by atoms with van der Waals surface area (Å²) in [6.07, 6.45) is 6.79. The first-order valence-corrected chi connectivity index (χ1v) is 10.9. The molecule has 1 aliphatic carbocycles. The van der Waals surface area contributed by atoms with Gasteiger partial charge in [-0.2, -0.15) is 0 Å². The van der Waals surface area contributed by atoms with Crippen molar-refractivity contribution in [2.75, 3.05) is 39.8 Å². The number of rotatable bonds is 5. The molecule has 1 atom stereocenters. The average molecular weight is 395 g/mol. The van der Waals surface area contributed by atoms with Crippen LogP contribution in [0.2, 0.25) is 0 Å². The summed E-state index contributed by atoms with van der Waals surface area (Å²) in [5.41, 5.74) is -0.451. The molecule has 1 unspecified atom stereocenters. The molecule has 0 spiro atoms. The number of amides is 1. The second-order valence-electron chi connectivity index (χ2n) is 9.36. The van der Waals surface area contributed by atoms with E-state index in [0.29, 0.717) is 12.0 Å². The first kappa shape index (κ1) is 21.2. The first-order chi connectivity index (χ1) is 13.4. The second-order valence-corrected chi connectivity index (χ2v) is 9.36. The van der Waals surface area contributed by atoms with Crippen LogP contribution in [0.5, 0.6) is 0 Å². The minimum Gasteiger partial charge on any atom is -0.444 e. The van der Waals surface area contributed by atoms with Crippen molar-refractivity contribution in [1.29, 1.82) is 0 Å². The van der Waals surface area contributed by atoms with Gasteiger partial charge in [0.1, 0.15) is 5.60 Å². The van der Waals surface area contributed by atoms with E-state index < -0.39 is 5.60 Å². The fourth-order valence-electron chi connectivity index (χ4n) is 4.00. The standard InChI is InChI=1S/C21H38N4O3/c1-21(2,3)28-20(26)25(15-16-7-8-16)17-9-11-24(12-10-17)19(22-4)23-14-18-6-5-13-27-18/h16-18H,5-15H2,1-4H3,(H,22,23). The molecule has 1 N–H and O–H groups in total. The Morgan fingerprint density at radius 2 is 1.93 bits per heavy atom. The second kappa shape index (κ2) is 9.33. The van der Waals surface area contributed by atoms with Gasteiger partial charge in [0.15, 0.2) is 5.96 Å². The monoisotopic (exact) mass is 394 g/mol. The van der Waals surface area contributed by atoms with Gasteiger partial charge in [0.05, 0.1) is 6.10 Å². The maximum absolute atomic E-state index is 12.8. The summed E-state index contributed by atoms with van der Waals surface area (Å²) < 4.78 is 11.4. The van der Waals surface area contributed by atoms with Crippen molar-refractivity contribution >= 4 is 12.1 Å². The molecule has 0 aromatic heterocycles. The molecular weight excluding hydrogens is 356 g/mol. The summed E-state index contributed by atoms with van der Waals surface area (Å²) in [5.74, 6) is 1.60. The van der Waals surface area contributed by atoms with Gasteiger partial charge in [-0.1, -0.05) is 0 Å². The molecule has 3 aliphatic rings. The molecule has 2 aliphatic heterocycles. The zero-order valence-electron chi connectivity index (χ0n) is 18.1. The van der Waals surface area contributed by atoms with E-state index in [0.717, 1.165) is 64.4 Å². The number of likely N-dealkylation sites (tertiary alicyclic amines) is 1. The van der Waals surface area contributed by atoms with Gasteiger partial charge in [-0.15, -0.1) is 0 Å². The third-order valence-electron chi connectivity index (χ3n) is 5.71. The van der Waals surface area contributed by atoms with Crippen LogP contribution in [0, 0.1) is 5.92 Å². The van der Waals surface area contributed by atoms with E-state index >= 15 is 0 Å². The molecule has 160 valence electrons. The molecule has 0 radical (unpaired) electrons. The minimum absolute atomic E-state index is 0.154. The largest absolute Gasteiger partial charge is 0.444 e. The topological polar surface area (TPSA) is 66.4 Å². The Balaban J connectivity index is 1.51. The van der Waals surface area contributed by atoms with Gasteiger partial charge in [-0.3, -0.25) is 4.99 Å². The summed E-state index contributed by atoms with van der Waals surface area (Å²) in [5, 5.41) is 3.47. The van der Waals surface area contributed by atoms with Gasteiger partial charge in [-0.25, -0.2) is 4.79 Å². The SMILES string of the molecule is CN=C(NCC1CCCO1)N1CCC(N(CC2CC2)C(=O)OC(C)(C)C)CC1. The first-order valence-electron chi connectivity index (χ1n) is 10.9. The Labute approximate surface area is 169 Å². The Bertz CT molecular complexity index is 542. The van der Waals surface area contributed by atoms with Crippen molar-refractivity contribution in [3.63, 3.8) is 0 Å². The molecule has 0 aromatic rings. The molecule has 7 heteroatoms. The van der Waals surface area contributed by atoms with E-state index in [4.69, 9.17) is 9.47 Å². The van der Waals surface area contributed by atoms with Crippen molar-refractivity contribution in [3.8, 4) is 0 Å². The van der Waals surface area contributed by atoms with Crippen molar-refractivity contribution < 1.29 is 14.3 Å². The number of carbonyl (C=O) groups excluding carboxylic acids is 1. The number of piperidine rings is 1. The zero-order valence-corrected chi connectivity index (χ0v) is 18.1. The van der Waals surface area contributed by atoms with Crippen molar-refractivity contribution in [2.24, 2.45) is 10.9 Å². The number of guanidine groups is 1. The molecule has 0 aromatic carbocycles. The van der Waals surface area contributed by atoms with Crippen molar-refractivity contribution in [1.82, 2.24) is 15.1 Å². The molecule has 3 rings (SSSR count). The Morgan fingerprint density at radius 1 is 1.21 bits per heavy atom. The highest BCUT2D eigenvalue weighted by atomic mass is 16.6. The molecule has 2 heterocycles. The van der Waals surface area contributed by atoms with Crippen LogP contribution >= 0.6 is 0 Å². The highest BCUT2D eigenvalue weighted by molar-refractivity contribution is 5.80. The van der Waals surface area contributed by atoms with E-state index in [1.807, 2.05) is 32.7 Å². The average Bonchev–Trinajstić information content (AvgIpc) is 3.32. The fourth-order valence-corrected chi connectivity index (χ4v) is 4.00. The number of ether oxygens (including phenoxy) is 2. The zero-order chi connectivity index (χ0) is 20.1. The number of nitrogens with zero attached hydrogens (tertiary/aromatic N) is 3. The van der Waals surface area contributed by atoms with Crippen molar-refractivity contribution in [3.05, 3.63) is 0 Å². The smallest absolute Gasteiger partial charge is 0.410 e. The van der Waals surface area contributed by atoms with Crippen molar-refractivity contribution in [2.45, 2.75) is 77.0 Å². The maximum atomic E-state index is 12.8. The molecule has 1 amide bonds. The predicted molar refractivity (Wildman–Crippen MR) is 111 cm³/mol. The molecule has 7 nitrogen and oxygen atoms in total. The number of hydrogen-bond donors (Lipinski definition) is 1. The summed E-state index contributed by atoms with van der Waals surface area (Å²) in [4.78, 5) is 21.5. The lowest BCUT2D eigenvalue weighted by Crippen LogP contribution is -2.53.